The zero-order chi connectivity index (χ0) is 15.3. The van der Waals surface area contributed by atoms with Gasteiger partial charge in [0.05, 0.1) is 14.2 Å². The van der Waals surface area contributed by atoms with Crippen molar-refractivity contribution in [1.29, 1.82) is 0 Å². The first-order valence-electron chi connectivity index (χ1n) is 5.64. The topological polar surface area (TPSA) is 131 Å². The molecule has 1 aromatic heterocycles. The molecule has 1 amide bonds. The number of ether oxygens (including phenoxy) is 2. The molecule has 0 aliphatic rings. The summed E-state index contributed by atoms with van der Waals surface area (Å²) in [5.74, 6) is -2.02. The summed E-state index contributed by atoms with van der Waals surface area (Å²) < 4.78 is 8.82. The molecule has 0 saturated heterocycles. The maximum Gasteiger partial charge on any atom is 0.406 e. The second-order valence-corrected chi connectivity index (χ2v) is 3.91. The standard InChI is InChI=1S/C11H15N3O6/c1-5(4-12-11(18)20-3)8-13-6(10(17)19-2)7(15)9(16)14-8/h5,15H,4H2,1-3H3,(H,12,18)(H,13,14,16). The van der Waals surface area contributed by atoms with Crippen molar-refractivity contribution in [2.45, 2.75) is 12.8 Å². The van der Waals surface area contributed by atoms with Crippen molar-refractivity contribution >= 4 is 12.1 Å². The van der Waals surface area contributed by atoms with Crippen LogP contribution in [-0.2, 0) is 9.47 Å². The first kappa shape index (κ1) is 15.5. The number of aromatic hydroxyl groups is 1. The lowest BCUT2D eigenvalue weighted by Gasteiger charge is -2.12. The summed E-state index contributed by atoms with van der Waals surface area (Å²) in [4.78, 5) is 40.0. The molecular weight excluding hydrogens is 270 g/mol. The van der Waals surface area contributed by atoms with E-state index >= 15 is 0 Å². The van der Waals surface area contributed by atoms with Gasteiger partial charge < -0.3 is 24.9 Å². The molecule has 1 rings (SSSR count). The summed E-state index contributed by atoms with van der Waals surface area (Å²) in [5, 5.41) is 11.9. The third-order valence-electron chi connectivity index (χ3n) is 2.50. The Morgan fingerprint density at radius 3 is 2.60 bits per heavy atom. The number of esters is 1. The Morgan fingerprint density at radius 1 is 1.40 bits per heavy atom. The molecule has 1 aromatic rings. The van der Waals surface area contributed by atoms with Crippen molar-refractivity contribution in [3.8, 4) is 5.75 Å². The molecule has 0 saturated carbocycles. The van der Waals surface area contributed by atoms with Crippen molar-refractivity contribution < 1.29 is 24.2 Å². The second kappa shape index (κ2) is 6.55. The molecule has 0 bridgehead atoms. The fourth-order valence-electron chi connectivity index (χ4n) is 1.36. The maximum atomic E-state index is 11.5. The van der Waals surface area contributed by atoms with E-state index in [-0.39, 0.29) is 12.4 Å². The lowest BCUT2D eigenvalue weighted by atomic mass is 10.1. The number of methoxy groups -OCH3 is 2. The summed E-state index contributed by atoms with van der Waals surface area (Å²) >= 11 is 0. The van der Waals surface area contributed by atoms with Crippen LogP contribution in [0.5, 0.6) is 5.75 Å². The van der Waals surface area contributed by atoms with Crippen LogP contribution in [0.25, 0.3) is 0 Å². The lowest BCUT2D eigenvalue weighted by Crippen LogP contribution is -2.29. The van der Waals surface area contributed by atoms with Gasteiger partial charge >= 0.3 is 12.1 Å². The highest BCUT2D eigenvalue weighted by Gasteiger charge is 2.20. The van der Waals surface area contributed by atoms with Gasteiger partial charge in [0.2, 0.25) is 5.75 Å². The molecule has 0 aliphatic carbocycles. The van der Waals surface area contributed by atoms with E-state index in [1.807, 2.05) is 0 Å². The van der Waals surface area contributed by atoms with Crippen molar-refractivity contribution in [1.82, 2.24) is 15.3 Å². The Kier molecular flexibility index (Phi) is 5.07. The Balaban J connectivity index is 3.01. The Bertz CT molecular complexity index is 568. The SMILES string of the molecule is COC(=O)NCC(C)c1nc(C(=O)OC)c(O)c(=O)[nH]1. The molecular formula is C11H15N3O6. The van der Waals surface area contributed by atoms with Gasteiger partial charge in [-0.2, -0.15) is 0 Å². The first-order valence-corrected chi connectivity index (χ1v) is 5.64. The van der Waals surface area contributed by atoms with Gasteiger partial charge in [-0.3, -0.25) is 4.79 Å². The van der Waals surface area contributed by atoms with Crippen molar-refractivity contribution in [2.24, 2.45) is 0 Å². The van der Waals surface area contributed by atoms with Crippen LogP contribution in [0.3, 0.4) is 0 Å². The van der Waals surface area contributed by atoms with Crippen molar-refractivity contribution in [3.63, 3.8) is 0 Å². The van der Waals surface area contributed by atoms with E-state index in [0.29, 0.717) is 0 Å². The van der Waals surface area contributed by atoms with Gasteiger partial charge in [-0.25, -0.2) is 14.6 Å². The molecule has 9 heteroatoms. The largest absolute Gasteiger partial charge is 0.501 e. The van der Waals surface area contributed by atoms with Gasteiger partial charge in [-0.05, 0) is 0 Å². The van der Waals surface area contributed by atoms with Gasteiger partial charge in [-0.1, -0.05) is 6.92 Å². The number of carbonyl (C=O) groups is 2. The molecule has 1 heterocycles. The van der Waals surface area contributed by atoms with Crippen LogP contribution >= 0.6 is 0 Å². The van der Waals surface area contributed by atoms with Crippen LogP contribution in [0.1, 0.15) is 29.2 Å². The lowest BCUT2D eigenvalue weighted by molar-refractivity contribution is 0.0589. The minimum Gasteiger partial charge on any atom is -0.501 e. The number of rotatable bonds is 4. The zero-order valence-corrected chi connectivity index (χ0v) is 11.2. The minimum atomic E-state index is -0.928. The monoisotopic (exact) mass is 285 g/mol. The van der Waals surface area contributed by atoms with Gasteiger partial charge in [0, 0.05) is 12.5 Å². The number of H-pyrrole nitrogens is 1. The summed E-state index contributed by atoms with van der Waals surface area (Å²) in [7, 11) is 2.32. The predicted molar refractivity (Wildman–Crippen MR) is 66.7 cm³/mol. The zero-order valence-electron chi connectivity index (χ0n) is 11.2. The van der Waals surface area contributed by atoms with Crippen molar-refractivity contribution in [3.05, 3.63) is 21.9 Å². The summed E-state index contributed by atoms with van der Waals surface area (Å²) in [6.07, 6.45) is -0.633. The molecule has 9 nitrogen and oxygen atoms in total. The van der Waals surface area contributed by atoms with Crippen LogP contribution in [0.4, 0.5) is 4.79 Å². The number of aromatic amines is 1. The third-order valence-corrected chi connectivity index (χ3v) is 2.50. The highest BCUT2D eigenvalue weighted by atomic mass is 16.5. The van der Waals surface area contributed by atoms with Crippen LogP contribution in [-0.4, -0.2) is 47.9 Å². The van der Waals surface area contributed by atoms with Gasteiger partial charge in [0.1, 0.15) is 5.82 Å². The normalized spacial score (nSPS) is 11.6. The van der Waals surface area contributed by atoms with Crippen LogP contribution in [0.15, 0.2) is 4.79 Å². The second-order valence-electron chi connectivity index (χ2n) is 3.91. The molecule has 110 valence electrons. The average Bonchev–Trinajstić information content (AvgIpc) is 2.45. The number of alkyl carbamates (subject to hydrolysis) is 1. The number of hydrogen-bond donors (Lipinski definition) is 3. The molecule has 0 radical (unpaired) electrons. The minimum absolute atomic E-state index is 0.126. The molecule has 0 aromatic carbocycles. The van der Waals surface area contributed by atoms with E-state index in [9.17, 15) is 19.5 Å². The molecule has 0 spiro atoms. The van der Waals surface area contributed by atoms with Gasteiger partial charge in [0.15, 0.2) is 5.69 Å². The number of nitrogens with one attached hydrogen (secondary N) is 2. The molecule has 0 aliphatic heterocycles. The van der Waals surface area contributed by atoms with E-state index in [4.69, 9.17) is 0 Å². The smallest absolute Gasteiger partial charge is 0.406 e. The number of carbonyl (C=O) groups excluding carboxylic acids is 2. The number of amides is 1. The molecule has 20 heavy (non-hydrogen) atoms. The third kappa shape index (κ3) is 3.46. The summed E-state index contributed by atoms with van der Waals surface area (Å²) in [6, 6.07) is 0. The van der Waals surface area contributed by atoms with Crippen LogP contribution in [0.2, 0.25) is 0 Å². The fraction of sp³-hybridized carbons (Fsp3) is 0.455. The van der Waals surface area contributed by atoms with E-state index in [0.717, 1.165) is 7.11 Å². The van der Waals surface area contributed by atoms with E-state index in [2.05, 4.69) is 24.8 Å². The van der Waals surface area contributed by atoms with Crippen molar-refractivity contribution in [2.75, 3.05) is 20.8 Å². The van der Waals surface area contributed by atoms with Gasteiger partial charge in [0.25, 0.3) is 5.56 Å². The first-order chi connectivity index (χ1) is 9.40. The average molecular weight is 285 g/mol. The van der Waals surface area contributed by atoms with E-state index < -0.39 is 35.0 Å². The molecule has 3 N–H and O–H groups in total. The Labute approximate surface area is 113 Å². The fourth-order valence-corrected chi connectivity index (χ4v) is 1.36. The van der Waals surface area contributed by atoms with E-state index in [1.54, 1.807) is 6.92 Å². The van der Waals surface area contributed by atoms with E-state index in [1.165, 1.54) is 7.11 Å². The highest BCUT2D eigenvalue weighted by molar-refractivity contribution is 5.89. The Hall–Kier alpha value is -2.58. The predicted octanol–water partition coefficient (Wildman–Crippen LogP) is -0.278. The highest BCUT2D eigenvalue weighted by Crippen LogP contribution is 2.14. The summed E-state index contributed by atoms with van der Waals surface area (Å²) in [6.45, 7) is 1.79. The van der Waals surface area contributed by atoms with Gasteiger partial charge in [-0.15, -0.1) is 0 Å². The quantitative estimate of drug-likeness (QED) is 0.648. The Morgan fingerprint density at radius 2 is 2.05 bits per heavy atom. The number of nitrogens with zero attached hydrogens (tertiary/aromatic N) is 1. The molecule has 1 atom stereocenters. The van der Waals surface area contributed by atoms with Crippen LogP contribution < -0.4 is 10.9 Å². The maximum absolute atomic E-state index is 11.5. The summed E-state index contributed by atoms with van der Waals surface area (Å²) in [5.41, 5.74) is -1.34. The molecule has 0 fully saturated rings. The number of aromatic nitrogens is 2. The number of hydrogen-bond acceptors (Lipinski definition) is 7. The molecule has 1 unspecified atom stereocenters. The van der Waals surface area contributed by atoms with Crippen LogP contribution in [0, 0.1) is 0 Å².